The van der Waals surface area contributed by atoms with Gasteiger partial charge in [-0.05, 0) is 55.5 Å². The van der Waals surface area contributed by atoms with E-state index in [1.807, 2.05) is 36.5 Å². The lowest BCUT2D eigenvalue weighted by Crippen LogP contribution is -2.45. The first-order valence-electron chi connectivity index (χ1n) is 10.3. The molecule has 1 aliphatic rings. The summed E-state index contributed by atoms with van der Waals surface area (Å²) in [5.74, 6) is 1.64. The average Bonchev–Trinajstić information content (AvgIpc) is 2.78. The Bertz CT molecular complexity index is 1030. The van der Waals surface area contributed by atoms with Crippen molar-refractivity contribution in [1.82, 2.24) is 10.3 Å². The highest BCUT2D eigenvalue weighted by molar-refractivity contribution is 6.31. The van der Waals surface area contributed by atoms with Gasteiger partial charge in [-0.2, -0.15) is 0 Å². The molecule has 0 saturated heterocycles. The van der Waals surface area contributed by atoms with Crippen LogP contribution in [0.3, 0.4) is 0 Å². The molecule has 0 aliphatic heterocycles. The molecule has 1 fully saturated rings. The second-order valence-electron chi connectivity index (χ2n) is 8.01. The third-order valence-electron chi connectivity index (χ3n) is 6.19. The van der Waals surface area contributed by atoms with Gasteiger partial charge in [0.05, 0.1) is 19.7 Å². The summed E-state index contributed by atoms with van der Waals surface area (Å²) in [6.45, 7) is 0.756. The van der Waals surface area contributed by atoms with Gasteiger partial charge in [0, 0.05) is 46.4 Å². The molecule has 3 N–H and O–H groups in total. The lowest BCUT2D eigenvalue weighted by atomic mass is 9.74. The summed E-state index contributed by atoms with van der Waals surface area (Å²) >= 11 is 6.14. The Hall–Kier alpha value is -2.34. The third-order valence-corrected chi connectivity index (χ3v) is 6.43. The number of nitrogens with two attached hydrogens (primary N) is 1. The Balaban J connectivity index is 1.43. The summed E-state index contributed by atoms with van der Waals surface area (Å²) in [4.78, 5) is 4.46. The van der Waals surface area contributed by atoms with Crippen LogP contribution < -0.4 is 20.5 Å². The molecule has 0 radical (unpaired) electrons. The van der Waals surface area contributed by atoms with Crippen LogP contribution in [-0.2, 0) is 12.1 Å². The SMILES string of the molecule is COc1ccc(CNC2CCC(N)(c3ccnc4cc(Cl)ccc34)CC2)c(OC)c1. The van der Waals surface area contributed by atoms with Crippen molar-refractivity contribution in [2.75, 3.05) is 14.2 Å². The van der Waals surface area contributed by atoms with Crippen molar-refractivity contribution >= 4 is 22.5 Å². The van der Waals surface area contributed by atoms with Gasteiger partial charge in [-0.1, -0.05) is 23.7 Å². The lowest BCUT2D eigenvalue weighted by molar-refractivity contribution is 0.252. The zero-order valence-corrected chi connectivity index (χ0v) is 18.2. The van der Waals surface area contributed by atoms with Gasteiger partial charge in [-0.25, -0.2) is 0 Å². The number of benzene rings is 2. The number of nitrogens with one attached hydrogen (secondary N) is 1. The maximum atomic E-state index is 6.91. The van der Waals surface area contributed by atoms with E-state index >= 15 is 0 Å². The van der Waals surface area contributed by atoms with E-state index in [1.165, 1.54) is 5.56 Å². The van der Waals surface area contributed by atoms with Crippen LogP contribution >= 0.6 is 11.6 Å². The first-order valence-corrected chi connectivity index (χ1v) is 10.7. The molecule has 1 aliphatic carbocycles. The van der Waals surface area contributed by atoms with Crippen LogP contribution in [0.15, 0.2) is 48.7 Å². The van der Waals surface area contributed by atoms with Crippen molar-refractivity contribution in [3.05, 3.63) is 64.8 Å². The first kappa shape index (κ1) is 20.9. The zero-order chi connectivity index (χ0) is 21.1. The molecular weight excluding hydrogens is 398 g/mol. The molecular formula is C24H28ClN3O2. The maximum absolute atomic E-state index is 6.91. The first-order chi connectivity index (χ1) is 14.5. The second-order valence-corrected chi connectivity index (χ2v) is 8.45. The largest absolute Gasteiger partial charge is 0.497 e. The van der Waals surface area contributed by atoms with E-state index in [1.54, 1.807) is 14.2 Å². The molecule has 0 amide bonds. The van der Waals surface area contributed by atoms with Crippen LogP contribution in [0.5, 0.6) is 11.5 Å². The highest BCUT2D eigenvalue weighted by Crippen LogP contribution is 2.38. The summed E-state index contributed by atoms with van der Waals surface area (Å²) in [7, 11) is 3.35. The van der Waals surface area contributed by atoms with Crippen molar-refractivity contribution in [2.24, 2.45) is 5.73 Å². The van der Waals surface area contributed by atoms with Gasteiger partial charge in [-0.3, -0.25) is 4.98 Å². The Morgan fingerprint density at radius 1 is 1.10 bits per heavy atom. The van der Waals surface area contributed by atoms with Crippen molar-refractivity contribution in [1.29, 1.82) is 0 Å². The Morgan fingerprint density at radius 3 is 2.63 bits per heavy atom. The molecule has 0 bridgehead atoms. The number of aromatic nitrogens is 1. The molecule has 3 aromatic rings. The molecule has 0 atom stereocenters. The summed E-state index contributed by atoms with van der Waals surface area (Å²) < 4.78 is 10.8. The minimum Gasteiger partial charge on any atom is -0.497 e. The summed E-state index contributed by atoms with van der Waals surface area (Å²) in [6.07, 6.45) is 5.72. The molecule has 0 unspecified atom stereocenters. The van der Waals surface area contributed by atoms with Gasteiger partial charge in [0.1, 0.15) is 11.5 Å². The van der Waals surface area contributed by atoms with E-state index < -0.39 is 0 Å². The van der Waals surface area contributed by atoms with Gasteiger partial charge in [0.15, 0.2) is 0 Å². The van der Waals surface area contributed by atoms with Gasteiger partial charge >= 0.3 is 0 Å². The van der Waals surface area contributed by atoms with E-state index in [0.717, 1.165) is 60.2 Å². The number of halogens is 1. The Kier molecular flexibility index (Phi) is 6.14. The van der Waals surface area contributed by atoms with E-state index in [2.05, 4.69) is 22.4 Å². The van der Waals surface area contributed by atoms with E-state index in [0.29, 0.717) is 11.1 Å². The summed E-state index contributed by atoms with van der Waals surface area (Å²) in [5.41, 5.74) is 9.76. The van der Waals surface area contributed by atoms with Crippen LogP contribution in [0, 0.1) is 0 Å². The molecule has 158 valence electrons. The number of hydrogen-bond donors (Lipinski definition) is 2. The van der Waals surface area contributed by atoms with Gasteiger partial charge in [0.2, 0.25) is 0 Å². The molecule has 1 aromatic heterocycles. The van der Waals surface area contributed by atoms with E-state index in [9.17, 15) is 0 Å². The zero-order valence-electron chi connectivity index (χ0n) is 17.5. The molecule has 0 spiro atoms. The van der Waals surface area contributed by atoms with Gasteiger partial charge in [0.25, 0.3) is 0 Å². The van der Waals surface area contributed by atoms with Crippen molar-refractivity contribution in [2.45, 2.75) is 43.8 Å². The molecule has 30 heavy (non-hydrogen) atoms. The molecule has 1 heterocycles. The number of nitrogens with zero attached hydrogens (tertiary/aromatic N) is 1. The van der Waals surface area contributed by atoms with Crippen LogP contribution in [0.2, 0.25) is 5.02 Å². The fourth-order valence-electron chi connectivity index (χ4n) is 4.41. The highest BCUT2D eigenvalue weighted by Gasteiger charge is 2.34. The van der Waals surface area contributed by atoms with Crippen LogP contribution in [-0.4, -0.2) is 25.2 Å². The monoisotopic (exact) mass is 425 g/mol. The minimum atomic E-state index is -0.342. The summed E-state index contributed by atoms with van der Waals surface area (Å²) in [5, 5.41) is 5.47. The number of fused-ring (bicyclic) bond motifs is 1. The van der Waals surface area contributed by atoms with Crippen molar-refractivity contribution in [3.63, 3.8) is 0 Å². The second kappa shape index (κ2) is 8.80. The van der Waals surface area contributed by atoms with Crippen LogP contribution in [0.1, 0.15) is 36.8 Å². The third kappa shape index (κ3) is 4.24. The normalized spacial score (nSPS) is 21.5. The molecule has 2 aromatic carbocycles. The lowest BCUT2D eigenvalue weighted by Gasteiger charge is -2.38. The van der Waals surface area contributed by atoms with Crippen molar-refractivity contribution < 1.29 is 9.47 Å². The molecule has 4 rings (SSSR count). The number of pyridine rings is 1. The number of ether oxygens (including phenoxy) is 2. The number of rotatable bonds is 6. The smallest absolute Gasteiger partial charge is 0.127 e. The predicted octanol–water partition coefficient (Wildman–Crippen LogP) is 4.79. The fraction of sp³-hybridized carbons (Fsp3) is 0.375. The van der Waals surface area contributed by atoms with Crippen LogP contribution in [0.25, 0.3) is 10.9 Å². The predicted molar refractivity (Wildman–Crippen MR) is 121 cm³/mol. The molecule has 6 heteroatoms. The Labute approximate surface area is 182 Å². The van der Waals surface area contributed by atoms with Gasteiger partial charge < -0.3 is 20.5 Å². The van der Waals surface area contributed by atoms with E-state index in [-0.39, 0.29) is 5.54 Å². The quantitative estimate of drug-likeness (QED) is 0.594. The van der Waals surface area contributed by atoms with Crippen LogP contribution in [0.4, 0.5) is 0 Å². The Morgan fingerprint density at radius 2 is 1.90 bits per heavy atom. The standard InChI is InChI=1S/C24H28ClN3O2/c1-29-19-5-3-16(23(14-19)30-2)15-28-18-7-10-24(26,11-8-18)21-9-12-27-22-13-17(25)4-6-20(21)22/h3-6,9,12-14,18,28H,7-8,10-11,15,26H2,1-2H3. The number of hydrogen-bond acceptors (Lipinski definition) is 5. The van der Waals surface area contributed by atoms with E-state index in [4.69, 9.17) is 26.8 Å². The summed E-state index contributed by atoms with van der Waals surface area (Å²) in [6, 6.07) is 14.3. The highest BCUT2D eigenvalue weighted by atomic mass is 35.5. The molecule has 5 nitrogen and oxygen atoms in total. The van der Waals surface area contributed by atoms with Crippen molar-refractivity contribution in [3.8, 4) is 11.5 Å². The maximum Gasteiger partial charge on any atom is 0.127 e. The topological polar surface area (TPSA) is 69.4 Å². The van der Waals surface area contributed by atoms with Gasteiger partial charge in [-0.15, -0.1) is 0 Å². The minimum absolute atomic E-state index is 0.342. The fourth-order valence-corrected chi connectivity index (χ4v) is 4.58. The molecule has 1 saturated carbocycles. The average molecular weight is 426 g/mol. The number of methoxy groups -OCH3 is 2.